The maximum Gasteiger partial charge on any atom is 0.325 e. The SMILES string of the molecule is CSC(N)=Nc1c[nH]c(=O)[nH]c1=O.I. The maximum atomic E-state index is 11.0. The van der Waals surface area contributed by atoms with Gasteiger partial charge in [-0.2, -0.15) is 0 Å². The third kappa shape index (κ3) is 3.54. The lowest BCUT2D eigenvalue weighted by Gasteiger charge is -1.93. The topological polar surface area (TPSA) is 104 Å². The van der Waals surface area contributed by atoms with Crippen molar-refractivity contribution in [1.29, 1.82) is 0 Å². The standard InChI is InChI=1S/C6H8N4O2S.HI/c1-13-5(7)9-3-2-8-6(12)10-4(3)11;/h2H,1H3,(H2,7,9)(H2,8,10,11,12);1H. The summed E-state index contributed by atoms with van der Waals surface area (Å²) in [7, 11) is 0. The largest absolute Gasteiger partial charge is 0.378 e. The van der Waals surface area contributed by atoms with Gasteiger partial charge in [0.2, 0.25) is 0 Å². The van der Waals surface area contributed by atoms with Crippen LogP contribution in [0.5, 0.6) is 0 Å². The first-order valence-electron chi connectivity index (χ1n) is 3.33. The van der Waals surface area contributed by atoms with Gasteiger partial charge in [-0.25, -0.2) is 9.79 Å². The van der Waals surface area contributed by atoms with E-state index in [2.05, 4.69) is 9.98 Å². The summed E-state index contributed by atoms with van der Waals surface area (Å²) in [5.41, 5.74) is 4.35. The Kier molecular flexibility index (Phi) is 5.53. The highest BCUT2D eigenvalue weighted by atomic mass is 127. The Morgan fingerprint density at radius 1 is 1.57 bits per heavy atom. The van der Waals surface area contributed by atoms with E-state index in [9.17, 15) is 9.59 Å². The molecule has 0 spiro atoms. The molecule has 8 heteroatoms. The molecule has 78 valence electrons. The molecule has 0 atom stereocenters. The van der Waals surface area contributed by atoms with Crippen molar-refractivity contribution in [1.82, 2.24) is 9.97 Å². The summed E-state index contributed by atoms with van der Waals surface area (Å²) in [5.74, 6) is 0. The van der Waals surface area contributed by atoms with Crippen LogP contribution in [0.25, 0.3) is 0 Å². The number of nitrogens with one attached hydrogen (secondary N) is 2. The van der Waals surface area contributed by atoms with E-state index in [1.807, 2.05) is 4.98 Å². The lowest BCUT2D eigenvalue weighted by molar-refractivity contribution is 1.03. The number of nitrogens with two attached hydrogens (primary N) is 1. The number of thioether (sulfide) groups is 1. The zero-order valence-corrected chi connectivity index (χ0v) is 10.4. The molecule has 1 aromatic rings. The molecule has 0 aliphatic rings. The third-order valence-corrected chi connectivity index (χ3v) is 1.75. The number of H-pyrrole nitrogens is 2. The van der Waals surface area contributed by atoms with Crippen LogP contribution in [0.3, 0.4) is 0 Å². The first-order valence-corrected chi connectivity index (χ1v) is 4.56. The van der Waals surface area contributed by atoms with Crippen LogP contribution in [0.4, 0.5) is 5.69 Å². The molecule has 14 heavy (non-hydrogen) atoms. The number of halogens is 1. The van der Waals surface area contributed by atoms with Gasteiger partial charge in [0.15, 0.2) is 5.17 Å². The van der Waals surface area contributed by atoms with E-state index in [0.717, 1.165) is 0 Å². The second kappa shape index (κ2) is 5.86. The molecular formula is C6H9IN4O2S. The van der Waals surface area contributed by atoms with Crippen molar-refractivity contribution in [3.63, 3.8) is 0 Å². The Balaban J connectivity index is 0.00000169. The Morgan fingerprint density at radius 3 is 2.71 bits per heavy atom. The summed E-state index contributed by atoms with van der Waals surface area (Å²) >= 11 is 1.22. The minimum Gasteiger partial charge on any atom is -0.378 e. The van der Waals surface area contributed by atoms with Crippen LogP contribution in [-0.2, 0) is 0 Å². The van der Waals surface area contributed by atoms with E-state index in [0.29, 0.717) is 0 Å². The van der Waals surface area contributed by atoms with Gasteiger partial charge in [0.25, 0.3) is 5.56 Å². The summed E-state index contributed by atoms with van der Waals surface area (Å²) in [5, 5.41) is 0.262. The van der Waals surface area contributed by atoms with E-state index < -0.39 is 11.2 Å². The van der Waals surface area contributed by atoms with Gasteiger partial charge >= 0.3 is 5.69 Å². The van der Waals surface area contributed by atoms with Crippen molar-refractivity contribution in [3.05, 3.63) is 27.0 Å². The number of amidine groups is 1. The van der Waals surface area contributed by atoms with Crippen LogP contribution in [-0.4, -0.2) is 21.4 Å². The number of hydrogen-bond donors (Lipinski definition) is 3. The van der Waals surface area contributed by atoms with Crippen molar-refractivity contribution >= 4 is 46.6 Å². The molecule has 0 fully saturated rings. The molecule has 0 aromatic carbocycles. The van der Waals surface area contributed by atoms with E-state index in [1.165, 1.54) is 18.0 Å². The average Bonchev–Trinajstić information content (AvgIpc) is 2.09. The molecular weight excluding hydrogens is 319 g/mol. The molecule has 0 aliphatic heterocycles. The second-order valence-corrected chi connectivity index (χ2v) is 2.94. The van der Waals surface area contributed by atoms with Gasteiger partial charge in [0, 0.05) is 6.20 Å². The number of nitrogens with zero attached hydrogens (tertiary/aromatic N) is 1. The fourth-order valence-corrected chi connectivity index (χ4v) is 0.840. The highest BCUT2D eigenvalue weighted by molar-refractivity contribution is 14.0. The van der Waals surface area contributed by atoms with E-state index in [4.69, 9.17) is 5.73 Å². The van der Waals surface area contributed by atoms with Crippen LogP contribution in [0.15, 0.2) is 20.8 Å². The van der Waals surface area contributed by atoms with Gasteiger partial charge in [-0.15, -0.1) is 24.0 Å². The molecule has 0 unspecified atom stereocenters. The molecule has 1 heterocycles. The average molecular weight is 328 g/mol. The molecule has 0 saturated heterocycles. The van der Waals surface area contributed by atoms with E-state index >= 15 is 0 Å². The smallest absolute Gasteiger partial charge is 0.325 e. The predicted molar refractivity (Wildman–Crippen MR) is 67.9 cm³/mol. The first kappa shape index (κ1) is 13.2. The van der Waals surface area contributed by atoms with Crippen LogP contribution in [0.1, 0.15) is 0 Å². The molecule has 0 saturated carbocycles. The lowest BCUT2D eigenvalue weighted by Crippen LogP contribution is -2.21. The van der Waals surface area contributed by atoms with Gasteiger partial charge in [-0.1, -0.05) is 11.8 Å². The molecule has 0 bridgehead atoms. The van der Waals surface area contributed by atoms with Crippen LogP contribution < -0.4 is 17.0 Å². The van der Waals surface area contributed by atoms with Crippen molar-refractivity contribution in [2.45, 2.75) is 0 Å². The highest BCUT2D eigenvalue weighted by Gasteiger charge is 1.97. The third-order valence-electron chi connectivity index (χ3n) is 1.24. The van der Waals surface area contributed by atoms with E-state index in [1.54, 1.807) is 6.26 Å². The fraction of sp³-hybridized carbons (Fsp3) is 0.167. The van der Waals surface area contributed by atoms with Crippen LogP contribution >= 0.6 is 35.7 Å². The van der Waals surface area contributed by atoms with Gasteiger partial charge in [-0.3, -0.25) is 9.78 Å². The molecule has 0 amide bonds. The van der Waals surface area contributed by atoms with Gasteiger partial charge < -0.3 is 10.7 Å². The Hall–Kier alpha value is -0.770. The molecule has 0 radical (unpaired) electrons. The van der Waals surface area contributed by atoms with Gasteiger partial charge in [0.1, 0.15) is 5.69 Å². The summed E-state index contributed by atoms with van der Waals surface area (Å²) in [6.07, 6.45) is 2.95. The normalized spacial score (nSPS) is 10.8. The molecule has 1 rings (SSSR count). The first-order chi connectivity index (χ1) is 6.13. The number of rotatable bonds is 1. The van der Waals surface area contributed by atoms with Crippen molar-refractivity contribution < 1.29 is 0 Å². The lowest BCUT2D eigenvalue weighted by atomic mass is 10.5. The summed E-state index contributed by atoms with van der Waals surface area (Å²) < 4.78 is 0. The molecule has 1 aromatic heterocycles. The Bertz CT molecular complexity index is 438. The predicted octanol–water partition coefficient (Wildman–Crippen LogP) is -0.00960. The second-order valence-electron chi connectivity index (χ2n) is 2.11. The highest BCUT2D eigenvalue weighted by Crippen LogP contribution is 2.02. The Labute approximate surface area is 100 Å². The minimum atomic E-state index is -0.563. The van der Waals surface area contributed by atoms with Gasteiger partial charge in [0.05, 0.1) is 0 Å². The molecule has 4 N–H and O–H groups in total. The van der Waals surface area contributed by atoms with Crippen molar-refractivity contribution in [3.8, 4) is 0 Å². The zero-order valence-electron chi connectivity index (χ0n) is 7.23. The fourth-order valence-electron chi connectivity index (χ4n) is 0.650. The number of aliphatic imine (C=N–C) groups is 1. The quantitative estimate of drug-likeness (QED) is 0.383. The minimum absolute atomic E-state index is 0. The van der Waals surface area contributed by atoms with Crippen molar-refractivity contribution in [2.24, 2.45) is 10.7 Å². The number of aromatic nitrogens is 2. The van der Waals surface area contributed by atoms with Crippen LogP contribution in [0, 0.1) is 0 Å². The zero-order chi connectivity index (χ0) is 9.84. The Morgan fingerprint density at radius 2 is 2.21 bits per heavy atom. The van der Waals surface area contributed by atoms with Gasteiger partial charge in [-0.05, 0) is 6.26 Å². The van der Waals surface area contributed by atoms with Crippen LogP contribution in [0.2, 0.25) is 0 Å². The monoisotopic (exact) mass is 328 g/mol. The maximum absolute atomic E-state index is 11.0. The van der Waals surface area contributed by atoms with Crippen molar-refractivity contribution in [2.75, 3.05) is 6.26 Å². The summed E-state index contributed by atoms with van der Waals surface area (Å²) in [6.45, 7) is 0. The molecule has 0 aliphatic carbocycles. The van der Waals surface area contributed by atoms with E-state index in [-0.39, 0.29) is 34.8 Å². The number of aromatic amines is 2. The number of hydrogen-bond acceptors (Lipinski definition) is 4. The summed E-state index contributed by atoms with van der Waals surface area (Å²) in [6, 6.07) is 0. The molecule has 6 nitrogen and oxygen atoms in total. The summed E-state index contributed by atoms with van der Waals surface area (Å²) in [4.78, 5) is 29.7.